The lowest BCUT2D eigenvalue weighted by Crippen LogP contribution is -2.14. The molecule has 1 aliphatic rings. The van der Waals surface area contributed by atoms with Crippen molar-refractivity contribution in [2.45, 2.75) is 26.2 Å². The van der Waals surface area contributed by atoms with Crippen molar-refractivity contribution >= 4 is 17.5 Å². The summed E-state index contributed by atoms with van der Waals surface area (Å²) < 4.78 is 0. The summed E-state index contributed by atoms with van der Waals surface area (Å²) in [7, 11) is 4.06. The maximum Gasteiger partial charge on any atom is 0.158 e. The van der Waals surface area contributed by atoms with Gasteiger partial charge in [-0.05, 0) is 48.1 Å². The van der Waals surface area contributed by atoms with E-state index in [1.54, 1.807) is 0 Å². The van der Waals surface area contributed by atoms with E-state index in [4.69, 9.17) is 0 Å². The molecule has 0 heterocycles. The van der Waals surface area contributed by atoms with E-state index in [0.717, 1.165) is 24.0 Å². The number of carbonyl (C=O) groups excluding carboxylic acids is 1. The van der Waals surface area contributed by atoms with Gasteiger partial charge in [0.05, 0.1) is 0 Å². The van der Waals surface area contributed by atoms with E-state index < -0.39 is 0 Å². The fraction of sp³-hybridized carbons (Fsp3) is 0.438. The summed E-state index contributed by atoms with van der Waals surface area (Å²) in [6, 6.07) is 8.33. The summed E-state index contributed by atoms with van der Waals surface area (Å²) in [5.41, 5.74) is 3.30. The molecule has 1 aliphatic carbocycles. The lowest BCUT2D eigenvalue weighted by atomic mass is 9.85. The van der Waals surface area contributed by atoms with Gasteiger partial charge < -0.3 is 4.90 Å². The first-order chi connectivity index (χ1) is 8.56. The average molecular weight is 243 g/mol. The maximum atomic E-state index is 11.8. The van der Waals surface area contributed by atoms with Gasteiger partial charge in [0.2, 0.25) is 0 Å². The maximum absolute atomic E-state index is 11.8. The van der Waals surface area contributed by atoms with Gasteiger partial charge >= 0.3 is 0 Å². The predicted molar refractivity (Wildman–Crippen MR) is 76.8 cm³/mol. The summed E-state index contributed by atoms with van der Waals surface area (Å²) in [6.07, 6.45) is 4.73. The van der Waals surface area contributed by atoms with Gasteiger partial charge in [-0.25, -0.2) is 0 Å². The van der Waals surface area contributed by atoms with Crippen molar-refractivity contribution in [3.63, 3.8) is 0 Å². The first-order valence-corrected chi connectivity index (χ1v) is 6.57. The van der Waals surface area contributed by atoms with Crippen LogP contribution in [0.2, 0.25) is 0 Å². The Hall–Kier alpha value is -1.57. The van der Waals surface area contributed by atoms with E-state index in [2.05, 4.69) is 42.2 Å². The molecule has 1 saturated carbocycles. The van der Waals surface area contributed by atoms with Gasteiger partial charge in [0.25, 0.3) is 0 Å². The van der Waals surface area contributed by atoms with Crippen molar-refractivity contribution in [3.8, 4) is 0 Å². The number of rotatable bonds is 2. The zero-order chi connectivity index (χ0) is 13.1. The van der Waals surface area contributed by atoms with Crippen molar-refractivity contribution in [1.82, 2.24) is 0 Å². The van der Waals surface area contributed by atoms with Gasteiger partial charge in [0.1, 0.15) is 0 Å². The fourth-order valence-electron chi connectivity index (χ4n) is 2.34. The van der Waals surface area contributed by atoms with Gasteiger partial charge in [-0.3, -0.25) is 4.79 Å². The third-order valence-corrected chi connectivity index (χ3v) is 3.54. The van der Waals surface area contributed by atoms with Crippen molar-refractivity contribution < 1.29 is 4.79 Å². The monoisotopic (exact) mass is 243 g/mol. The van der Waals surface area contributed by atoms with Gasteiger partial charge in [-0.2, -0.15) is 0 Å². The van der Waals surface area contributed by atoms with Gasteiger partial charge in [0, 0.05) is 26.2 Å². The highest BCUT2D eigenvalue weighted by Crippen LogP contribution is 2.27. The Morgan fingerprint density at radius 1 is 1.22 bits per heavy atom. The van der Waals surface area contributed by atoms with Crippen molar-refractivity contribution in [2.75, 3.05) is 19.0 Å². The van der Waals surface area contributed by atoms with Crippen LogP contribution in [0.15, 0.2) is 29.8 Å². The minimum absolute atomic E-state index is 0.324. The molecule has 0 aliphatic heterocycles. The average Bonchev–Trinajstić information content (AvgIpc) is 2.34. The largest absolute Gasteiger partial charge is 0.378 e. The number of nitrogens with zero attached hydrogens (tertiary/aromatic N) is 1. The van der Waals surface area contributed by atoms with Crippen LogP contribution in [0.3, 0.4) is 0 Å². The predicted octanol–water partition coefficient (Wildman–Crippen LogP) is 3.53. The van der Waals surface area contributed by atoms with Crippen LogP contribution in [-0.2, 0) is 4.79 Å². The number of hydrogen-bond acceptors (Lipinski definition) is 2. The van der Waals surface area contributed by atoms with Gasteiger partial charge in [-0.1, -0.05) is 19.1 Å². The Morgan fingerprint density at radius 3 is 2.50 bits per heavy atom. The summed E-state index contributed by atoms with van der Waals surface area (Å²) in [6.45, 7) is 2.22. The SMILES string of the molecule is CC1CCC(=O)/C(=C\c2ccc(N(C)C)cc2)C1. The zero-order valence-corrected chi connectivity index (χ0v) is 11.4. The van der Waals surface area contributed by atoms with Gasteiger partial charge in [0.15, 0.2) is 5.78 Å². The molecule has 1 unspecified atom stereocenters. The minimum atomic E-state index is 0.324. The van der Waals surface area contributed by atoms with E-state index in [0.29, 0.717) is 18.1 Å². The minimum Gasteiger partial charge on any atom is -0.378 e. The number of allylic oxidation sites excluding steroid dienone is 1. The van der Waals surface area contributed by atoms with Crippen molar-refractivity contribution in [1.29, 1.82) is 0 Å². The molecule has 0 bridgehead atoms. The van der Waals surface area contributed by atoms with Crippen LogP contribution in [0.1, 0.15) is 31.7 Å². The first-order valence-electron chi connectivity index (χ1n) is 6.57. The summed E-state index contributed by atoms with van der Waals surface area (Å²) in [5, 5.41) is 0. The van der Waals surface area contributed by atoms with Crippen LogP contribution in [0.4, 0.5) is 5.69 Å². The molecule has 2 nitrogen and oxygen atoms in total. The topological polar surface area (TPSA) is 20.3 Å². The second-order valence-electron chi connectivity index (χ2n) is 5.43. The normalized spacial score (nSPS) is 22.3. The lowest BCUT2D eigenvalue weighted by molar-refractivity contribution is -0.116. The Bertz CT molecular complexity index is 456. The molecule has 0 saturated heterocycles. The highest BCUT2D eigenvalue weighted by Gasteiger charge is 2.19. The summed E-state index contributed by atoms with van der Waals surface area (Å²) in [4.78, 5) is 13.9. The van der Waals surface area contributed by atoms with Crippen LogP contribution in [0.5, 0.6) is 0 Å². The standard InChI is InChI=1S/C16H21NO/c1-12-4-9-16(18)14(10-12)11-13-5-7-15(8-6-13)17(2)3/h5-8,11-12H,4,9-10H2,1-3H3/b14-11-. The molecule has 1 fully saturated rings. The molecular formula is C16H21NO. The fourth-order valence-corrected chi connectivity index (χ4v) is 2.34. The number of carbonyl (C=O) groups is 1. The van der Waals surface area contributed by atoms with Crippen molar-refractivity contribution in [3.05, 3.63) is 35.4 Å². The van der Waals surface area contributed by atoms with Crippen LogP contribution >= 0.6 is 0 Å². The second kappa shape index (κ2) is 5.38. The quantitative estimate of drug-likeness (QED) is 0.741. The smallest absolute Gasteiger partial charge is 0.158 e. The highest BCUT2D eigenvalue weighted by molar-refractivity contribution is 6.00. The summed E-state index contributed by atoms with van der Waals surface area (Å²) in [5.74, 6) is 0.958. The van der Waals surface area contributed by atoms with E-state index in [1.807, 2.05) is 14.1 Å². The van der Waals surface area contributed by atoms with Crippen LogP contribution in [0, 0.1) is 5.92 Å². The molecule has 1 aromatic carbocycles. The summed E-state index contributed by atoms with van der Waals surface area (Å²) >= 11 is 0. The molecule has 2 rings (SSSR count). The number of hydrogen-bond donors (Lipinski definition) is 0. The molecule has 0 spiro atoms. The number of Topliss-reactive ketones (excluding diaryl/α,β-unsaturated/α-hetero) is 1. The molecule has 2 heteroatoms. The molecule has 1 aromatic rings. The second-order valence-corrected chi connectivity index (χ2v) is 5.43. The van der Waals surface area contributed by atoms with Crippen LogP contribution in [0.25, 0.3) is 6.08 Å². The molecule has 0 N–H and O–H groups in total. The third-order valence-electron chi connectivity index (χ3n) is 3.54. The zero-order valence-electron chi connectivity index (χ0n) is 11.4. The molecule has 0 aromatic heterocycles. The molecule has 96 valence electrons. The lowest BCUT2D eigenvalue weighted by Gasteiger charge is -2.19. The Morgan fingerprint density at radius 2 is 1.89 bits per heavy atom. The Balaban J connectivity index is 2.18. The Kier molecular flexibility index (Phi) is 3.85. The molecule has 18 heavy (non-hydrogen) atoms. The van der Waals surface area contributed by atoms with Crippen LogP contribution in [-0.4, -0.2) is 19.9 Å². The molecule has 0 amide bonds. The van der Waals surface area contributed by atoms with Gasteiger partial charge in [-0.15, -0.1) is 0 Å². The highest BCUT2D eigenvalue weighted by atomic mass is 16.1. The first kappa shape index (κ1) is 12.9. The third kappa shape index (κ3) is 3.00. The van der Waals surface area contributed by atoms with E-state index in [-0.39, 0.29) is 0 Å². The molecule has 0 radical (unpaired) electrons. The van der Waals surface area contributed by atoms with Crippen molar-refractivity contribution in [2.24, 2.45) is 5.92 Å². The number of benzene rings is 1. The molecule has 1 atom stereocenters. The van der Waals surface area contributed by atoms with Crippen LogP contribution < -0.4 is 4.90 Å². The Labute approximate surface area is 109 Å². The van der Waals surface area contributed by atoms with E-state index in [9.17, 15) is 4.79 Å². The number of ketones is 1. The van der Waals surface area contributed by atoms with E-state index in [1.165, 1.54) is 5.69 Å². The number of anilines is 1. The van der Waals surface area contributed by atoms with E-state index >= 15 is 0 Å². The molecular weight excluding hydrogens is 222 g/mol.